The maximum Gasteiger partial charge on any atom is 0.394 e. The molecule has 0 unspecified atom stereocenters. The van der Waals surface area contributed by atoms with E-state index in [4.69, 9.17) is 5.11 Å². The third-order valence-electron chi connectivity index (χ3n) is 4.74. The number of likely N-dealkylation sites (tertiary alicyclic amines) is 1. The van der Waals surface area contributed by atoms with Crippen molar-refractivity contribution in [1.82, 2.24) is 10.2 Å². The SMILES string of the molecule is CN(CCCCNC(=O)N1C[C@@H](C(F)(F)F)[C@H](C(=O)O)C1)c1ccccc1. The first kappa shape index (κ1) is 20.9. The maximum absolute atomic E-state index is 12.9. The second-order valence-electron chi connectivity index (χ2n) is 6.69. The van der Waals surface area contributed by atoms with Gasteiger partial charge in [-0.15, -0.1) is 0 Å². The van der Waals surface area contributed by atoms with Gasteiger partial charge in [-0.3, -0.25) is 4.79 Å². The van der Waals surface area contributed by atoms with Crippen LogP contribution < -0.4 is 10.2 Å². The summed E-state index contributed by atoms with van der Waals surface area (Å²) in [5.41, 5.74) is 1.08. The van der Waals surface area contributed by atoms with E-state index in [2.05, 4.69) is 10.2 Å². The minimum absolute atomic E-state index is 0.326. The average molecular weight is 387 g/mol. The molecule has 1 aliphatic rings. The number of hydrogen-bond donors (Lipinski definition) is 2. The summed E-state index contributed by atoms with van der Waals surface area (Å²) < 4.78 is 38.8. The number of alkyl halides is 3. The van der Waals surface area contributed by atoms with Gasteiger partial charge in [0.15, 0.2) is 0 Å². The third kappa shape index (κ3) is 5.77. The van der Waals surface area contributed by atoms with E-state index in [1.54, 1.807) is 0 Å². The van der Waals surface area contributed by atoms with E-state index in [1.165, 1.54) is 0 Å². The normalized spacial score (nSPS) is 19.8. The molecule has 0 bridgehead atoms. The summed E-state index contributed by atoms with van der Waals surface area (Å²) in [6, 6.07) is 9.16. The molecule has 2 N–H and O–H groups in total. The number of para-hydroxylation sites is 1. The summed E-state index contributed by atoms with van der Waals surface area (Å²) >= 11 is 0. The number of hydrogen-bond acceptors (Lipinski definition) is 3. The van der Waals surface area contributed by atoms with Crippen molar-refractivity contribution in [3.8, 4) is 0 Å². The number of unbranched alkanes of at least 4 members (excludes halogenated alkanes) is 1. The van der Waals surface area contributed by atoms with Gasteiger partial charge in [0, 0.05) is 38.9 Å². The predicted octanol–water partition coefficient (Wildman–Crippen LogP) is 2.81. The number of rotatable bonds is 7. The molecule has 1 fully saturated rings. The van der Waals surface area contributed by atoms with Crippen molar-refractivity contribution in [2.75, 3.05) is 38.1 Å². The molecule has 1 aromatic rings. The Morgan fingerprint density at radius 3 is 2.44 bits per heavy atom. The summed E-state index contributed by atoms with van der Waals surface area (Å²) in [5.74, 6) is -5.17. The van der Waals surface area contributed by atoms with Gasteiger partial charge in [-0.2, -0.15) is 13.2 Å². The zero-order valence-electron chi connectivity index (χ0n) is 15.1. The number of carboxylic acids is 1. The Kier molecular flexibility index (Phi) is 6.92. The second kappa shape index (κ2) is 8.96. The quantitative estimate of drug-likeness (QED) is 0.706. The second-order valence-corrected chi connectivity index (χ2v) is 6.69. The number of aliphatic carboxylic acids is 1. The Hall–Kier alpha value is -2.45. The van der Waals surface area contributed by atoms with Gasteiger partial charge in [0.1, 0.15) is 0 Å². The summed E-state index contributed by atoms with van der Waals surface area (Å²) in [5, 5.41) is 11.6. The molecule has 6 nitrogen and oxygen atoms in total. The highest BCUT2D eigenvalue weighted by molar-refractivity contribution is 5.77. The topological polar surface area (TPSA) is 72.9 Å². The number of urea groups is 1. The minimum atomic E-state index is -4.64. The molecule has 0 aliphatic carbocycles. The molecular weight excluding hydrogens is 363 g/mol. The van der Waals surface area contributed by atoms with Gasteiger partial charge in [-0.1, -0.05) is 18.2 Å². The lowest BCUT2D eigenvalue weighted by Crippen LogP contribution is -2.40. The zero-order valence-corrected chi connectivity index (χ0v) is 15.1. The van der Waals surface area contributed by atoms with Crippen LogP contribution in [0.25, 0.3) is 0 Å². The molecule has 2 rings (SSSR count). The Morgan fingerprint density at radius 1 is 1.22 bits per heavy atom. The van der Waals surface area contributed by atoms with Gasteiger partial charge in [0.25, 0.3) is 0 Å². The molecule has 27 heavy (non-hydrogen) atoms. The van der Waals surface area contributed by atoms with Crippen LogP contribution in [0.3, 0.4) is 0 Å². The number of benzene rings is 1. The highest BCUT2D eigenvalue weighted by Crippen LogP contribution is 2.37. The summed E-state index contributed by atoms with van der Waals surface area (Å²) in [7, 11) is 1.96. The zero-order chi connectivity index (χ0) is 20.0. The molecule has 1 saturated heterocycles. The van der Waals surface area contributed by atoms with Crippen molar-refractivity contribution in [2.45, 2.75) is 19.0 Å². The Labute approximate surface area is 155 Å². The van der Waals surface area contributed by atoms with Crippen molar-refractivity contribution in [1.29, 1.82) is 0 Å². The van der Waals surface area contributed by atoms with E-state index in [1.807, 2.05) is 37.4 Å². The maximum atomic E-state index is 12.9. The van der Waals surface area contributed by atoms with Crippen molar-refractivity contribution in [2.24, 2.45) is 11.8 Å². The van der Waals surface area contributed by atoms with Crippen LogP contribution in [-0.2, 0) is 4.79 Å². The number of halogens is 3. The van der Waals surface area contributed by atoms with Crippen molar-refractivity contribution >= 4 is 17.7 Å². The van der Waals surface area contributed by atoms with E-state index >= 15 is 0 Å². The number of amides is 2. The van der Waals surface area contributed by atoms with Crippen molar-refractivity contribution in [3.05, 3.63) is 30.3 Å². The number of carbonyl (C=O) groups excluding carboxylic acids is 1. The first-order chi connectivity index (χ1) is 12.7. The van der Waals surface area contributed by atoms with Gasteiger partial charge < -0.3 is 20.2 Å². The van der Waals surface area contributed by atoms with Crippen molar-refractivity contribution < 1.29 is 27.9 Å². The first-order valence-electron chi connectivity index (χ1n) is 8.78. The van der Waals surface area contributed by atoms with Crippen LogP contribution in [0.5, 0.6) is 0 Å². The number of anilines is 1. The van der Waals surface area contributed by atoms with Crippen LogP contribution in [0.4, 0.5) is 23.7 Å². The van der Waals surface area contributed by atoms with Crippen LogP contribution in [0.1, 0.15) is 12.8 Å². The molecule has 0 radical (unpaired) electrons. The minimum Gasteiger partial charge on any atom is -0.481 e. The molecule has 2 atom stereocenters. The van der Waals surface area contributed by atoms with Gasteiger partial charge in [0.05, 0.1) is 11.8 Å². The van der Waals surface area contributed by atoms with Crippen LogP contribution in [0, 0.1) is 11.8 Å². The fraction of sp³-hybridized carbons (Fsp3) is 0.556. The third-order valence-corrected chi connectivity index (χ3v) is 4.74. The van der Waals surface area contributed by atoms with Crippen LogP contribution in [0.15, 0.2) is 30.3 Å². The molecule has 1 heterocycles. The fourth-order valence-corrected chi connectivity index (χ4v) is 3.14. The summed E-state index contributed by atoms with van der Waals surface area (Å²) in [4.78, 5) is 26.1. The molecule has 0 saturated carbocycles. The molecule has 2 amide bonds. The fourth-order valence-electron chi connectivity index (χ4n) is 3.14. The molecule has 0 spiro atoms. The smallest absolute Gasteiger partial charge is 0.394 e. The molecule has 150 valence electrons. The number of carboxylic acid groups (broad SMARTS) is 1. The highest BCUT2D eigenvalue weighted by atomic mass is 19.4. The summed E-state index contributed by atoms with van der Waals surface area (Å²) in [6.07, 6.45) is -3.17. The van der Waals surface area contributed by atoms with E-state index in [9.17, 15) is 22.8 Å². The largest absolute Gasteiger partial charge is 0.481 e. The Morgan fingerprint density at radius 2 is 1.89 bits per heavy atom. The monoisotopic (exact) mass is 387 g/mol. The lowest BCUT2D eigenvalue weighted by atomic mass is 9.96. The van der Waals surface area contributed by atoms with E-state index in [0.29, 0.717) is 13.0 Å². The summed E-state index contributed by atoms with van der Waals surface area (Å²) in [6.45, 7) is 0.0539. The average Bonchev–Trinajstić information content (AvgIpc) is 3.08. The molecular formula is C18H24F3N3O3. The Balaban J connectivity index is 1.72. The van der Waals surface area contributed by atoms with Crippen LogP contribution in [-0.4, -0.2) is 61.4 Å². The van der Waals surface area contributed by atoms with Gasteiger partial charge in [-0.05, 0) is 25.0 Å². The highest BCUT2D eigenvalue weighted by Gasteiger charge is 2.53. The van der Waals surface area contributed by atoms with Crippen LogP contribution >= 0.6 is 0 Å². The Bertz CT molecular complexity index is 640. The van der Waals surface area contributed by atoms with Gasteiger partial charge in [-0.25, -0.2) is 4.79 Å². The van der Waals surface area contributed by atoms with Crippen LogP contribution in [0.2, 0.25) is 0 Å². The number of nitrogens with zero attached hydrogens (tertiary/aromatic N) is 2. The van der Waals surface area contributed by atoms with E-state index in [-0.39, 0.29) is 0 Å². The van der Waals surface area contributed by atoms with Gasteiger partial charge in [0.2, 0.25) is 0 Å². The molecule has 0 aromatic heterocycles. The van der Waals surface area contributed by atoms with E-state index in [0.717, 1.165) is 23.6 Å². The molecule has 1 aromatic carbocycles. The van der Waals surface area contributed by atoms with Crippen molar-refractivity contribution in [3.63, 3.8) is 0 Å². The lowest BCUT2D eigenvalue weighted by molar-refractivity contribution is -0.187. The molecule has 1 aliphatic heterocycles. The lowest BCUT2D eigenvalue weighted by Gasteiger charge is -2.20. The molecule has 9 heteroatoms. The van der Waals surface area contributed by atoms with Gasteiger partial charge >= 0.3 is 18.2 Å². The number of nitrogens with one attached hydrogen (secondary N) is 1. The standard InChI is InChI=1S/C18H24F3N3O3/c1-23(13-7-3-2-4-8-13)10-6-5-9-22-17(27)24-11-14(16(25)26)15(12-24)18(19,20)21/h2-4,7-8,14-15H,5-6,9-12H2,1H3,(H,22,27)(H,25,26)/t14-,15-/m1/s1. The predicted molar refractivity (Wildman–Crippen MR) is 94.6 cm³/mol. The van der Waals surface area contributed by atoms with E-state index < -0.39 is 43.1 Å². The first-order valence-corrected chi connectivity index (χ1v) is 8.78. The number of carbonyl (C=O) groups is 2.